The maximum absolute atomic E-state index is 12.8. The van der Waals surface area contributed by atoms with E-state index in [9.17, 15) is 15.2 Å². The molecule has 11 heteroatoms. The van der Waals surface area contributed by atoms with Gasteiger partial charge in [-0.15, -0.1) is 11.3 Å². The minimum atomic E-state index is -0.334. The first-order chi connectivity index (χ1) is 17.5. The van der Waals surface area contributed by atoms with Crippen LogP contribution in [0.5, 0.6) is 0 Å². The SMILES string of the molecule is C[C@H](CO)Nc1nc(C(=O)NCC2CCN(Cc3cnc(-c4ccccn4)s3)CC2)cc(N)c1C#N. The van der Waals surface area contributed by atoms with E-state index < -0.39 is 0 Å². The smallest absolute Gasteiger partial charge is 0.270 e. The number of hydrogen-bond acceptors (Lipinski definition) is 10. The lowest BCUT2D eigenvalue weighted by atomic mass is 9.96. The van der Waals surface area contributed by atoms with Crippen molar-refractivity contribution in [2.75, 3.05) is 37.3 Å². The van der Waals surface area contributed by atoms with Crippen molar-refractivity contribution in [3.8, 4) is 16.8 Å². The summed E-state index contributed by atoms with van der Waals surface area (Å²) in [5.74, 6) is 0.241. The van der Waals surface area contributed by atoms with Crippen molar-refractivity contribution >= 4 is 28.7 Å². The number of nitrogens with zero attached hydrogens (tertiary/aromatic N) is 5. The molecule has 1 aliphatic rings. The lowest BCUT2D eigenvalue weighted by Gasteiger charge is -2.31. The lowest BCUT2D eigenvalue weighted by Crippen LogP contribution is -2.38. The standard InChI is InChI=1S/C25H30N8O2S/c1-16(15-34)31-23-19(11-26)20(27)10-22(32-23)24(35)29-12-17-5-8-33(9-6-17)14-18-13-30-25(36-18)21-4-2-3-7-28-21/h2-4,7,10,13,16-17,34H,5-6,8-9,12,14-15H2,1H3,(H,29,35)(H3,27,31,32)/t16-/m1/s1. The number of carbonyl (C=O) groups excluding carboxylic acids is 1. The average Bonchev–Trinajstić information content (AvgIpc) is 3.37. The van der Waals surface area contributed by atoms with Crippen LogP contribution in [-0.2, 0) is 6.54 Å². The van der Waals surface area contributed by atoms with Crippen LogP contribution in [0.15, 0.2) is 36.7 Å². The van der Waals surface area contributed by atoms with Gasteiger partial charge >= 0.3 is 0 Å². The summed E-state index contributed by atoms with van der Waals surface area (Å²) in [5, 5.41) is 25.5. The molecule has 0 saturated carbocycles. The first-order valence-corrected chi connectivity index (χ1v) is 12.7. The summed E-state index contributed by atoms with van der Waals surface area (Å²) < 4.78 is 0. The first kappa shape index (κ1) is 25.5. The molecule has 3 aromatic rings. The largest absolute Gasteiger partial charge is 0.397 e. The second-order valence-electron chi connectivity index (χ2n) is 8.94. The molecule has 0 aliphatic carbocycles. The van der Waals surface area contributed by atoms with Gasteiger partial charge in [0.1, 0.15) is 28.2 Å². The molecule has 1 amide bonds. The Labute approximate surface area is 214 Å². The molecule has 36 heavy (non-hydrogen) atoms. The van der Waals surface area contributed by atoms with Crippen molar-refractivity contribution in [2.24, 2.45) is 5.92 Å². The zero-order valence-electron chi connectivity index (χ0n) is 20.1. The fourth-order valence-corrected chi connectivity index (χ4v) is 5.00. The molecule has 0 aromatic carbocycles. The number of aliphatic hydroxyl groups excluding tert-OH is 1. The minimum absolute atomic E-state index is 0.143. The van der Waals surface area contributed by atoms with Crippen LogP contribution in [0.1, 0.15) is 40.7 Å². The molecular weight excluding hydrogens is 476 g/mol. The van der Waals surface area contributed by atoms with Crippen molar-refractivity contribution in [1.29, 1.82) is 5.26 Å². The number of nitrogens with one attached hydrogen (secondary N) is 2. The van der Waals surface area contributed by atoms with E-state index in [1.165, 1.54) is 10.9 Å². The van der Waals surface area contributed by atoms with Gasteiger partial charge in [0, 0.05) is 36.4 Å². The Morgan fingerprint density at radius 2 is 2.17 bits per heavy atom. The van der Waals surface area contributed by atoms with Gasteiger partial charge in [-0.25, -0.2) is 9.97 Å². The Hall–Kier alpha value is -3.59. The van der Waals surface area contributed by atoms with Crippen LogP contribution in [0.2, 0.25) is 0 Å². The second-order valence-corrected chi connectivity index (χ2v) is 10.1. The van der Waals surface area contributed by atoms with Crippen LogP contribution < -0.4 is 16.4 Å². The zero-order valence-corrected chi connectivity index (χ0v) is 21.0. The molecule has 1 aliphatic heterocycles. The highest BCUT2D eigenvalue weighted by molar-refractivity contribution is 7.14. The number of thiazole rings is 1. The van der Waals surface area contributed by atoms with Gasteiger partial charge in [0.2, 0.25) is 0 Å². The number of nitrogen functional groups attached to an aromatic ring is 1. The Balaban J connectivity index is 1.27. The van der Waals surface area contributed by atoms with E-state index in [1.54, 1.807) is 24.5 Å². The van der Waals surface area contributed by atoms with Crippen LogP contribution in [0, 0.1) is 17.2 Å². The fourth-order valence-electron chi connectivity index (χ4n) is 4.07. The molecule has 1 saturated heterocycles. The van der Waals surface area contributed by atoms with Crippen molar-refractivity contribution in [3.05, 3.63) is 52.8 Å². The van der Waals surface area contributed by atoms with Crippen LogP contribution in [0.3, 0.4) is 0 Å². The Morgan fingerprint density at radius 1 is 1.36 bits per heavy atom. The number of pyridine rings is 2. The second kappa shape index (κ2) is 11.9. The van der Waals surface area contributed by atoms with Gasteiger partial charge in [0.15, 0.2) is 0 Å². The quantitative estimate of drug-likeness (QED) is 0.343. The topological polar surface area (TPSA) is 153 Å². The number of nitriles is 1. The highest BCUT2D eigenvalue weighted by atomic mass is 32.1. The Bertz CT molecular complexity index is 1220. The van der Waals surface area contributed by atoms with E-state index in [0.717, 1.165) is 43.2 Å². The number of aromatic nitrogens is 3. The molecule has 4 rings (SSSR count). The summed E-state index contributed by atoms with van der Waals surface area (Å²) in [6.45, 7) is 4.91. The molecule has 1 atom stereocenters. The average molecular weight is 507 g/mol. The van der Waals surface area contributed by atoms with Crippen molar-refractivity contribution in [1.82, 2.24) is 25.2 Å². The maximum Gasteiger partial charge on any atom is 0.270 e. The highest BCUT2D eigenvalue weighted by Gasteiger charge is 2.22. The molecule has 4 heterocycles. The normalized spacial score (nSPS) is 15.2. The molecule has 1 fully saturated rings. The van der Waals surface area contributed by atoms with Gasteiger partial charge in [-0.1, -0.05) is 6.07 Å². The Kier molecular flexibility index (Phi) is 8.43. The molecule has 0 spiro atoms. The molecule has 0 radical (unpaired) electrons. The maximum atomic E-state index is 12.8. The molecule has 0 unspecified atom stereocenters. The van der Waals surface area contributed by atoms with E-state index in [-0.39, 0.29) is 41.3 Å². The van der Waals surface area contributed by atoms with Crippen molar-refractivity contribution in [2.45, 2.75) is 32.4 Å². The number of hydrogen-bond donors (Lipinski definition) is 4. The monoisotopic (exact) mass is 506 g/mol. The summed E-state index contributed by atoms with van der Waals surface area (Å²) in [4.78, 5) is 29.6. The third-order valence-corrected chi connectivity index (χ3v) is 7.13. The van der Waals surface area contributed by atoms with Crippen LogP contribution in [0.4, 0.5) is 11.5 Å². The lowest BCUT2D eigenvalue weighted by molar-refractivity contribution is 0.0930. The molecule has 3 aromatic heterocycles. The number of nitrogens with two attached hydrogens (primary N) is 1. The molecule has 0 bridgehead atoms. The van der Waals surface area contributed by atoms with Gasteiger partial charge < -0.3 is 21.5 Å². The number of rotatable bonds is 9. The molecule has 10 nitrogen and oxygen atoms in total. The van der Waals surface area contributed by atoms with Crippen LogP contribution in [0.25, 0.3) is 10.7 Å². The van der Waals surface area contributed by atoms with Gasteiger partial charge in [-0.2, -0.15) is 5.26 Å². The molecule has 188 valence electrons. The number of aliphatic hydroxyl groups is 1. The highest BCUT2D eigenvalue weighted by Crippen LogP contribution is 2.26. The third kappa shape index (κ3) is 6.34. The van der Waals surface area contributed by atoms with Gasteiger partial charge in [0.05, 0.1) is 18.0 Å². The Morgan fingerprint density at radius 3 is 2.86 bits per heavy atom. The summed E-state index contributed by atoms with van der Waals surface area (Å²) in [6, 6.07) is 8.91. The van der Waals surface area contributed by atoms with E-state index in [2.05, 4.69) is 30.5 Å². The van der Waals surface area contributed by atoms with Gasteiger partial charge in [-0.3, -0.25) is 14.7 Å². The van der Waals surface area contributed by atoms with Crippen molar-refractivity contribution < 1.29 is 9.90 Å². The number of piperidine rings is 1. The van der Waals surface area contributed by atoms with E-state index in [1.807, 2.05) is 30.5 Å². The van der Waals surface area contributed by atoms with Crippen molar-refractivity contribution in [3.63, 3.8) is 0 Å². The van der Waals surface area contributed by atoms with E-state index in [0.29, 0.717) is 12.5 Å². The minimum Gasteiger partial charge on any atom is -0.397 e. The summed E-state index contributed by atoms with van der Waals surface area (Å²) in [6.07, 6.45) is 5.67. The summed E-state index contributed by atoms with van der Waals surface area (Å²) in [5.41, 5.74) is 7.36. The zero-order chi connectivity index (χ0) is 25.5. The number of anilines is 2. The molecule has 5 N–H and O–H groups in total. The summed E-state index contributed by atoms with van der Waals surface area (Å²) in [7, 11) is 0. The molecular formula is C25H30N8O2S. The first-order valence-electron chi connectivity index (χ1n) is 11.9. The predicted octanol–water partition coefficient (Wildman–Crippen LogP) is 2.49. The van der Waals surface area contributed by atoms with Crippen LogP contribution >= 0.6 is 11.3 Å². The fraction of sp³-hybridized carbons (Fsp3) is 0.400. The van der Waals surface area contributed by atoms with E-state index >= 15 is 0 Å². The van der Waals surface area contributed by atoms with Crippen LogP contribution in [-0.4, -0.2) is 63.1 Å². The third-order valence-electron chi connectivity index (χ3n) is 6.13. The number of amides is 1. The van der Waals surface area contributed by atoms with Gasteiger partial charge in [0.25, 0.3) is 5.91 Å². The number of likely N-dealkylation sites (tertiary alicyclic amines) is 1. The van der Waals surface area contributed by atoms with E-state index in [4.69, 9.17) is 5.73 Å². The number of carbonyl (C=O) groups is 1. The summed E-state index contributed by atoms with van der Waals surface area (Å²) >= 11 is 1.67. The van der Waals surface area contributed by atoms with Gasteiger partial charge in [-0.05, 0) is 57.0 Å². The predicted molar refractivity (Wildman–Crippen MR) is 139 cm³/mol.